The van der Waals surface area contributed by atoms with Crippen LogP contribution in [-0.4, -0.2) is 0 Å². The Balaban J connectivity index is 0.00000151. The van der Waals surface area contributed by atoms with Crippen LogP contribution in [0.2, 0.25) is 0 Å². The van der Waals surface area contributed by atoms with Crippen molar-refractivity contribution in [3.05, 3.63) is 168 Å². The van der Waals surface area contributed by atoms with Crippen LogP contribution in [0.3, 0.4) is 0 Å². The second-order valence-corrected chi connectivity index (χ2v) is 20.0. The zero-order valence-electron chi connectivity index (χ0n) is 22.6. The fraction of sp³-hybridized carbons (Fsp3) is 0.0526. The van der Waals surface area contributed by atoms with Crippen LogP contribution in [0.25, 0.3) is 22.3 Å². The summed E-state index contributed by atoms with van der Waals surface area (Å²) in [5.74, 6) is 0. The minimum atomic E-state index is -3.84. The quantitative estimate of drug-likeness (QED) is 0.186. The number of halogens is 2. The minimum absolute atomic E-state index is 0. The number of hydrogen-bond donors (Lipinski definition) is 0. The maximum absolute atomic E-state index is 3.84. The molecular formula is C38H30Cl2Zr. The molecule has 0 heterocycles. The van der Waals surface area contributed by atoms with Gasteiger partial charge in [-0.3, -0.25) is 0 Å². The Hall–Kier alpha value is -3.22. The molecule has 0 nitrogen and oxygen atoms in total. The van der Waals surface area contributed by atoms with E-state index in [2.05, 4.69) is 146 Å². The van der Waals surface area contributed by atoms with Gasteiger partial charge >= 0.3 is 236 Å². The van der Waals surface area contributed by atoms with Crippen molar-refractivity contribution in [3.63, 3.8) is 0 Å². The van der Waals surface area contributed by atoms with Gasteiger partial charge in [-0.05, 0) is 0 Å². The van der Waals surface area contributed by atoms with Crippen molar-refractivity contribution in [1.82, 2.24) is 0 Å². The molecule has 2 aliphatic carbocycles. The topological polar surface area (TPSA) is 0 Å². The summed E-state index contributed by atoms with van der Waals surface area (Å²) < 4.78 is 6.23. The third-order valence-corrected chi connectivity index (χ3v) is 21.1. The molecule has 41 heavy (non-hydrogen) atoms. The van der Waals surface area contributed by atoms with Gasteiger partial charge < -0.3 is 0 Å². The van der Waals surface area contributed by atoms with Crippen molar-refractivity contribution in [2.75, 3.05) is 0 Å². The summed E-state index contributed by atoms with van der Waals surface area (Å²) in [6, 6.07) is 55.4. The van der Waals surface area contributed by atoms with E-state index in [0.29, 0.717) is 0 Å². The first-order valence-electron chi connectivity index (χ1n) is 13.9. The SMILES string of the molecule is Cl.Cl.c1cc[c]([Zr]([c]2ccccc2)([c]2cccc3c2Cc2ccccc2-3)[c]2cccc3c2Cc2ccccc2-3)cc1. The third kappa shape index (κ3) is 4.21. The Morgan fingerprint density at radius 2 is 0.707 bits per heavy atom. The zero-order valence-corrected chi connectivity index (χ0v) is 26.7. The number of rotatable bonds is 4. The molecule has 0 spiro atoms. The Bertz CT molecular complexity index is 1720. The molecule has 0 N–H and O–H groups in total. The van der Waals surface area contributed by atoms with Crippen LogP contribution < -0.4 is 13.1 Å². The second kappa shape index (κ2) is 11.2. The van der Waals surface area contributed by atoms with Crippen LogP contribution in [0, 0.1) is 0 Å². The summed E-state index contributed by atoms with van der Waals surface area (Å²) in [7, 11) is 0. The molecule has 0 fully saturated rings. The number of fused-ring (bicyclic) bond motifs is 6. The van der Waals surface area contributed by atoms with E-state index in [1.807, 2.05) is 0 Å². The van der Waals surface area contributed by atoms with Gasteiger partial charge in [0.05, 0.1) is 0 Å². The molecule has 2 aliphatic rings. The Labute approximate surface area is 259 Å². The fourth-order valence-corrected chi connectivity index (χ4v) is 20.3. The fourth-order valence-electron chi connectivity index (χ4n) is 7.33. The Morgan fingerprint density at radius 3 is 1.15 bits per heavy atom. The van der Waals surface area contributed by atoms with Gasteiger partial charge in [0.1, 0.15) is 0 Å². The molecule has 0 saturated carbocycles. The van der Waals surface area contributed by atoms with Crippen molar-refractivity contribution in [3.8, 4) is 22.3 Å². The molecule has 8 rings (SSSR count). The predicted molar refractivity (Wildman–Crippen MR) is 175 cm³/mol. The maximum atomic E-state index is 2.49. The first kappa shape index (κ1) is 27.9. The first-order chi connectivity index (χ1) is 19.4. The van der Waals surface area contributed by atoms with Gasteiger partial charge in [0, 0.05) is 0 Å². The van der Waals surface area contributed by atoms with Crippen LogP contribution in [0.5, 0.6) is 0 Å². The molecule has 0 aliphatic heterocycles. The summed E-state index contributed by atoms with van der Waals surface area (Å²) in [4.78, 5) is 0. The van der Waals surface area contributed by atoms with Gasteiger partial charge in [0.25, 0.3) is 0 Å². The molecule has 6 aromatic carbocycles. The molecule has 200 valence electrons. The first-order valence-corrected chi connectivity index (χ1v) is 18.8. The molecule has 0 unspecified atom stereocenters. The van der Waals surface area contributed by atoms with Crippen LogP contribution in [0.15, 0.2) is 146 Å². The Morgan fingerprint density at radius 1 is 0.341 bits per heavy atom. The molecule has 6 aromatic rings. The summed E-state index contributed by atoms with van der Waals surface area (Å²) in [5.41, 5.74) is 11.6. The van der Waals surface area contributed by atoms with E-state index in [0.717, 1.165) is 12.8 Å². The van der Waals surface area contributed by atoms with Crippen LogP contribution in [-0.2, 0) is 33.1 Å². The third-order valence-electron chi connectivity index (χ3n) is 8.92. The van der Waals surface area contributed by atoms with Crippen molar-refractivity contribution in [2.45, 2.75) is 12.8 Å². The van der Waals surface area contributed by atoms with E-state index in [1.165, 1.54) is 51.1 Å². The van der Waals surface area contributed by atoms with E-state index in [4.69, 9.17) is 0 Å². The van der Waals surface area contributed by atoms with E-state index in [9.17, 15) is 0 Å². The normalized spacial score (nSPS) is 12.3. The van der Waals surface area contributed by atoms with Crippen LogP contribution in [0.4, 0.5) is 0 Å². The molecule has 0 amide bonds. The van der Waals surface area contributed by atoms with Gasteiger partial charge in [-0.1, -0.05) is 0 Å². The molecule has 3 heteroatoms. The standard InChI is InChI=1S/2C13H9.2C6H5.2ClH.Zr/c2*1-3-7-12-10(5-1)9-11-6-2-4-8-13(11)12;2*1-2-4-6-5-3-1;;;/h2*1-5,7-8H,9H2;2*1-5H;2*1H;. The number of hydrogen-bond acceptors (Lipinski definition) is 0. The van der Waals surface area contributed by atoms with Crippen molar-refractivity contribution >= 4 is 37.9 Å². The van der Waals surface area contributed by atoms with E-state index in [-0.39, 0.29) is 24.8 Å². The summed E-state index contributed by atoms with van der Waals surface area (Å²) in [6.07, 6.45) is 2.02. The molecule has 0 saturated heterocycles. The van der Waals surface area contributed by atoms with Gasteiger partial charge in [-0.25, -0.2) is 0 Å². The van der Waals surface area contributed by atoms with Gasteiger partial charge in [-0.15, -0.1) is 24.8 Å². The van der Waals surface area contributed by atoms with Crippen molar-refractivity contribution in [1.29, 1.82) is 0 Å². The Kier molecular flexibility index (Phi) is 7.64. The zero-order chi connectivity index (χ0) is 25.8. The second-order valence-electron chi connectivity index (χ2n) is 10.8. The van der Waals surface area contributed by atoms with E-state index in [1.54, 1.807) is 6.54 Å². The van der Waals surface area contributed by atoms with E-state index < -0.39 is 20.3 Å². The molecule has 0 aromatic heterocycles. The number of benzene rings is 6. The summed E-state index contributed by atoms with van der Waals surface area (Å²) >= 11 is -3.84. The average Bonchev–Trinajstić information content (AvgIpc) is 3.58. The van der Waals surface area contributed by atoms with Crippen LogP contribution in [0.1, 0.15) is 22.3 Å². The molecule has 0 bridgehead atoms. The van der Waals surface area contributed by atoms with Crippen molar-refractivity contribution < 1.29 is 20.3 Å². The van der Waals surface area contributed by atoms with Crippen molar-refractivity contribution in [2.24, 2.45) is 0 Å². The predicted octanol–water partition coefficient (Wildman–Crippen LogP) is 7.43. The van der Waals surface area contributed by atoms with Gasteiger partial charge in [0.15, 0.2) is 0 Å². The molecule has 0 radical (unpaired) electrons. The molecule has 0 atom stereocenters. The molecular weight excluding hydrogens is 619 g/mol. The summed E-state index contributed by atoms with van der Waals surface area (Å²) in [6.45, 7) is 0. The monoisotopic (exact) mass is 646 g/mol. The van der Waals surface area contributed by atoms with Gasteiger partial charge in [0.2, 0.25) is 0 Å². The van der Waals surface area contributed by atoms with E-state index >= 15 is 0 Å². The average molecular weight is 649 g/mol. The van der Waals surface area contributed by atoms with Crippen LogP contribution >= 0.6 is 24.8 Å². The summed E-state index contributed by atoms with van der Waals surface area (Å²) in [5, 5.41) is 0. The van der Waals surface area contributed by atoms with Gasteiger partial charge in [-0.2, -0.15) is 0 Å².